The van der Waals surface area contributed by atoms with Gasteiger partial charge < -0.3 is 47.5 Å². The number of aliphatic carboxylic acids is 1. The van der Waals surface area contributed by atoms with Gasteiger partial charge in [-0.3, -0.25) is 24.0 Å². The zero-order valence-corrected chi connectivity index (χ0v) is 22.4. The number of hydrogen-bond donors (Lipinski definition) is 9. The van der Waals surface area contributed by atoms with Crippen LogP contribution in [0.2, 0.25) is 0 Å². The van der Waals surface area contributed by atoms with Gasteiger partial charge in [-0.05, 0) is 37.9 Å². The summed E-state index contributed by atoms with van der Waals surface area (Å²) >= 11 is 0. The highest BCUT2D eigenvalue weighted by atomic mass is 16.4. The van der Waals surface area contributed by atoms with Crippen LogP contribution in [0.1, 0.15) is 31.7 Å². The molecular formula is C26H35N7O8. The molecular weight excluding hydrogens is 538 g/mol. The van der Waals surface area contributed by atoms with Crippen molar-refractivity contribution >= 4 is 46.4 Å². The van der Waals surface area contributed by atoms with Crippen LogP contribution >= 0.6 is 0 Å². The third kappa shape index (κ3) is 8.74. The molecule has 5 atom stereocenters. The quantitative estimate of drug-likeness (QED) is 0.115. The minimum absolute atomic E-state index is 0.102. The number of primary amides is 1. The normalized spacial score (nSPS) is 17.6. The fourth-order valence-electron chi connectivity index (χ4n) is 4.50. The van der Waals surface area contributed by atoms with Crippen molar-refractivity contribution in [3.63, 3.8) is 0 Å². The molecule has 1 aromatic heterocycles. The van der Waals surface area contributed by atoms with Crippen LogP contribution in [-0.4, -0.2) is 94.1 Å². The number of aromatic nitrogens is 1. The van der Waals surface area contributed by atoms with Crippen molar-refractivity contribution < 1.29 is 39.0 Å². The summed E-state index contributed by atoms with van der Waals surface area (Å²) in [6, 6.07) is 2.23. The number of amides is 5. The monoisotopic (exact) mass is 573 g/mol. The van der Waals surface area contributed by atoms with Gasteiger partial charge in [0.1, 0.15) is 12.1 Å². The predicted octanol–water partition coefficient (Wildman–Crippen LogP) is -2.63. The summed E-state index contributed by atoms with van der Waals surface area (Å²) < 4.78 is 0. The molecule has 3 rings (SSSR count). The van der Waals surface area contributed by atoms with E-state index >= 15 is 0 Å². The smallest absolute Gasteiger partial charge is 0.328 e. The van der Waals surface area contributed by atoms with E-state index in [1.165, 1.54) is 6.92 Å². The predicted molar refractivity (Wildman–Crippen MR) is 145 cm³/mol. The summed E-state index contributed by atoms with van der Waals surface area (Å²) in [5, 5.41) is 32.4. The van der Waals surface area contributed by atoms with Crippen LogP contribution < -0.4 is 32.3 Å². The molecule has 15 heteroatoms. The third-order valence-electron chi connectivity index (χ3n) is 6.64. The lowest BCUT2D eigenvalue weighted by molar-refractivity contribution is -0.145. The van der Waals surface area contributed by atoms with Crippen molar-refractivity contribution in [3.8, 4) is 0 Å². The first kappa shape index (κ1) is 31.0. The van der Waals surface area contributed by atoms with E-state index in [4.69, 9.17) is 5.73 Å². The molecule has 0 aliphatic carbocycles. The number of aromatic amines is 1. The number of aliphatic hydroxyl groups excluding tert-OH is 1. The van der Waals surface area contributed by atoms with Gasteiger partial charge in [-0.1, -0.05) is 18.2 Å². The molecule has 222 valence electrons. The number of carbonyl (C=O) groups excluding carboxylic acids is 5. The number of fused-ring (bicyclic) bond motifs is 1. The Balaban J connectivity index is 1.76. The van der Waals surface area contributed by atoms with Crippen molar-refractivity contribution in [1.29, 1.82) is 0 Å². The fourth-order valence-corrected chi connectivity index (χ4v) is 4.50. The van der Waals surface area contributed by atoms with Gasteiger partial charge in [0.2, 0.25) is 29.5 Å². The van der Waals surface area contributed by atoms with E-state index in [2.05, 4.69) is 31.6 Å². The van der Waals surface area contributed by atoms with E-state index < -0.39 is 72.8 Å². The van der Waals surface area contributed by atoms with Gasteiger partial charge in [0.25, 0.3) is 0 Å². The summed E-state index contributed by atoms with van der Waals surface area (Å²) in [4.78, 5) is 77.4. The van der Waals surface area contributed by atoms with Crippen molar-refractivity contribution in [2.24, 2.45) is 5.73 Å². The van der Waals surface area contributed by atoms with Crippen LogP contribution in [-0.2, 0) is 35.2 Å². The first-order valence-electron chi connectivity index (χ1n) is 13.1. The summed E-state index contributed by atoms with van der Waals surface area (Å²) in [5.74, 6) is -5.41. The van der Waals surface area contributed by atoms with Crippen molar-refractivity contribution in [1.82, 2.24) is 31.6 Å². The molecule has 1 aliphatic rings. The Bertz CT molecular complexity index is 1290. The van der Waals surface area contributed by atoms with Crippen LogP contribution in [0.25, 0.3) is 10.9 Å². The molecule has 0 unspecified atom stereocenters. The lowest BCUT2D eigenvalue weighted by atomic mass is 10.0. The molecule has 1 aliphatic heterocycles. The Morgan fingerprint density at radius 1 is 1.05 bits per heavy atom. The van der Waals surface area contributed by atoms with E-state index in [0.717, 1.165) is 17.3 Å². The molecule has 41 heavy (non-hydrogen) atoms. The summed E-state index contributed by atoms with van der Waals surface area (Å²) in [5.41, 5.74) is 6.66. The van der Waals surface area contributed by atoms with Gasteiger partial charge in [0.05, 0.1) is 25.1 Å². The van der Waals surface area contributed by atoms with Gasteiger partial charge in [-0.2, -0.15) is 0 Å². The van der Waals surface area contributed by atoms with Gasteiger partial charge in [0.15, 0.2) is 6.04 Å². The summed E-state index contributed by atoms with van der Waals surface area (Å²) in [6.07, 6.45) is 0.918. The number of rotatable bonds is 14. The number of nitrogens with one attached hydrogen (secondary N) is 6. The zero-order valence-electron chi connectivity index (χ0n) is 22.4. The van der Waals surface area contributed by atoms with Gasteiger partial charge in [-0.25, -0.2) is 4.79 Å². The number of aliphatic hydroxyl groups is 1. The number of para-hydroxylation sites is 1. The molecule has 5 amide bonds. The Morgan fingerprint density at radius 2 is 1.76 bits per heavy atom. The lowest BCUT2D eigenvalue weighted by Gasteiger charge is -2.25. The van der Waals surface area contributed by atoms with Crippen molar-refractivity contribution in [3.05, 3.63) is 36.0 Å². The number of nitrogens with two attached hydrogens (primary N) is 1. The number of H-pyrrole nitrogens is 1. The van der Waals surface area contributed by atoms with Crippen LogP contribution in [0, 0.1) is 0 Å². The minimum Gasteiger partial charge on any atom is -0.480 e. The summed E-state index contributed by atoms with van der Waals surface area (Å²) in [7, 11) is 0. The second-order valence-electron chi connectivity index (χ2n) is 9.85. The van der Waals surface area contributed by atoms with E-state index in [1.807, 2.05) is 0 Å². The van der Waals surface area contributed by atoms with Crippen molar-refractivity contribution in [2.45, 2.75) is 62.9 Å². The van der Waals surface area contributed by atoms with Gasteiger partial charge in [0, 0.05) is 23.5 Å². The van der Waals surface area contributed by atoms with Crippen LogP contribution in [0.15, 0.2) is 30.5 Å². The highest BCUT2D eigenvalue weighted by Gasteiger charge is 2.32. The summed E-state index contributed by atoms with van der Waals surface area (Å²) in [6.45, 7) is 1.41. The standard InChI is InChI=1S/C26H35N7O8/c1-13(34)22(26(40)41)33-25(39)18(9-14-11-29-16-6-3-2-5-15(14)16)32-24(38)19(10-20(27)35)31-21(36)12-30-23(37)17-7-4-8-28-17/h2-3,5-6,11,13,17-19,22,28-29,34H,4,7-10,12H2,1H3,(H2,27,35)(H,30,37)(H,31,36)(H,32,38)(H,33,39)(H,40,41)/t13-,17+,18+,19+,22+/m1/s1. The lowest BCUT2D eigenvalue weighted by Crippen LogP contribution is -2.58. The number of carboxylic acids is 1. The highest BCUT2D eigenvalue weighted by molar-refractivity contribution is 5.97. The Hall–Kier alpha value is -4.50. The molecule has 0 saturated carbocycles. The van der Waals surface area contributed by atoms with Crippen LogP contribution in [0.3, 0.4) is 0 Å². The number of carboxylic acid groups (broad SMARTS) is 1. The molecule has 0 bridgehead atoms. The maximum atomic E-state index is 13.2. The van der Waals surface area contributed by atoms with Crippen LogP contribution in [0.5, 0.6) is 0 Å². The average molecular weight is 574 g/mol. The number of benzene rings is 1. The Kier molecular flexibility index (Phi) is 10.8. The van der Waals surface area contributed by atoms with E-state index in [-0.39, 0.29) is 12.3 Å². The van der Waals surface area contributed by atoms with Crippen LogP contribution in [0.4, 0.5) is 0 Å². The molecule has 15 nitrogen and oxygen atoms in total. The average Bonchev–Trinajstić information content (AvgIpc) is 3.59. The van der Waals surface area contributed by atoms with Gasteiger partial charge in [-0.15, -0.1) is 0 Å². The maximum absolute atomic E-state index is 13.2. The number of carbonyl (C=O) groups is 6. The van der Waals surface area contributed by atoms with E-state index in [0.29, 0.717) is 18.5 Å². The molecule has 0 radical (unpaired) electrons. The largest absolute Gasteiger partial charge is 0.480 e. The molecule has 10 N–H and O–H groups in total. The van der Waals surface area contributed by atoms with Gasteiger partial charge >= 0.3 is 5.97 Å². The molecule has 2 aromatic rings. The Morgan fingerprint density at radius 3 is 2.39 bits per heavy atom. The SMILES string of the molecule is C[C@@H](O)[C@H](NC(=O)[C@H](Cc1c[nH]c2ccccc12)NC(=O)[C@H](CC(N)=O)NC(=O)CNC(=O)[C@@H]1CCCN1)C(=O)O. The molecule has 1 saturated heterocycles. The first-order chi connectivity index (χ1) is 19.5. The third-order valence-corrected chi connectivity index (χ3v) is 6.64. The molecule has 1 fully saturated rings. The number of hydrogen-bond acceptors (Lipinski definition) is 8. The highest BCUT2D eigenvalue weighted by Crippen LogP contribution is 2.19. The topological polar surface area (TPSA) is 245 Å². The Labute approximate surface area is 235 Å². The zero-order chi connectivity index (χ0) is 30.1. The first-order valence-corrected chi connectivity index (χ1v) is 13.1. The minimum atomic E-state index is -1.66. The second-order valence-corrected chi connectivity index (χ2v) is 9.85. The second kappa shape index (κ2) is 14.2. The fraction of sp³-hybridized carbons (Fsp3) is 0.462. The molecule has 1 aromatic carbocycles. The van der Waals surface area contributed by atoms with Crippen molar-refractivity contribution in [2.75, 3.05) is 13.1 Å². The maximum Gasteiger partial charge on any atom is 0.328 e. The van der Waals surface area contributed by atoms with E-state index in [1.54, 1.807) is 30.5 Å². The molecule has 0 spiro atoms. The van der Waals surface area contributed by atoms with E-state index in [9.17, 15) is 39.0 Å². The molecule has 2 heterocycles.